The van der Waals surface area contributed by atoms with Crippen LogP contribution in [0.3, 0.4) is 0 Å². The van der Waals surface area contributed by atoms with Gasteiger partial charge in [-0.3, -0.25) is 0 Å². The molecular weight excluding hydrogens is 244 g/mol. The van der Waals surface area contributed by atoms with Crippen LogP contribution in [0.4, 0.5) is 0 Å². The molecule has 0 unspecified atom stereocenters. The second-order valence-electron chi connectivity index (χ2n) is 6.67. The Morgan fingerprint density at radius 3 is 2.33 bits per heavy atom. The number of rotatable bonds is 2. The summed E-state index contributed by atoms with van der Waals surface area (Å²) < 4.78 is 5.18. The fraction of sp³-hybridized carbons (Fsp3) is 0.800. The number of thioether (sulfide) groups is 1. The van der Waals surface area contributed by atoms with Crippen molar-refractivity contribution in [2.24, 2.45) is 10.8 Å². The predicted octanol–water partition coefficient (Wildman–Crippen LogP) is 4.16. The van der Waals surface area contributed by atoms with Crippen molar-refractivity contribution < 1.29 is 9.53 Å². The van der Waals surface area contributed by atoms with Crippen molar-refractivity contribution in [2.75, 3.05) is 6.61 Å². The molecule has 2 rings (SSSR count). The van der Waals surface area contributed by atoms with Crippen molar-refractivity contribution in [1.82, 2.24) is 0 Å². The fourth-order valence-electron chi connectivity index (χ4n) is 3.75. The maximum Gasteiger partial charge on any atom is 0.331 e. The lowest BCUT2D eigenvalue weighted by Gasteiger charge is -2.48. The smallest absolute Gasteiger partial charge is 0.331 e. The standard InChI is InChI=1S/C15H24O2S/c1-6-17-12(16)10-11-15(18-11)13(2,3)8-7-9-14(15,4)5/h10H,6-9H2,1-5H3. The zero-order chi connectivity index (χ0) is 13.6. The molecule has 1 heterocycles. The minimum absolute atomic E-state index is 0.144. The van der Waals surface area contributed by atoms with Gasteiger partial charge in [0.2, 0.25) is 0 Å². The molecule has 0 amide bonds. The average Bonchev–Trinajstić information content (AvgIpc) is 2.92. The Morgan fingerprint density at radius 2 is 1.83 bits per heavy atom. The zero-order valence-corrected chi connectivity index (χ0v) is 12.9. The molecule has 2 aliphatic rings. The normalized spacial score (nSPS) is 29.3. The molecule has 0 aromatic carbocycles. The van der Waals surface area contributed by atoms with Gasteiger partial charge in [-0.1, -0.05) is 34.1 Å². The van der Waals surface area contributed by atoms with E-state index in [4.69, 9.17) is 4.74 Å². The van der Waals surface area contributed by atoms with E-state index in [1.807, 2.05) is 18.7 Å². The molecule has 1 aliphatic carbocycles. The third-order valence-corrected chi connectivity index (χ3v) is 6.68. The van der Waals surface area contributed by atoms with Crippen LogP contribution in [0.15, 0.2) is 11.0 Å². The molecule has 3 heteroatoms. The highest BCUT2D eigenvalue weighted by Gasteiger charge is 2.69. The van der Waals surface area contributed by atoms with E-state index in [1.54, 1.807) is 6.08 Å². The van der Waals surface area contributed by atoms with Crippen molar-refractivity contribution in [3.05, 3.63) is 11.0 Å². The highest BCUT2D eigenvalue weighted by atomic mass is 32.2. The summed E-state index contributed by atoms with van der Waals surface area (Å²) in [5.74, 6) is -0.186. The van der Waals surface area contributed by atoms with Crippen LogP contribution in [0.2, 0.25) is 0 Å². The van der Waals surface area contributed by atoms with Crippen molar-refractivity contribution in [3.8, 4) is 0 Å². The third-order valence-electron chi connectivity index (χ3n) is 4.61. The summed E-state index contributed by atoms with van der Waals surface area (Å²) in [6.45, 7) is 11.7. The van der Waals surface area contributed by atoms with E-state index in [2.05, 4.69) is 27.7 Å². The Balaban J connectivity index is 2.28. The Bertz CT molecular complexity index is 377. The van der Waals surface area contributed by atoms with Crippen LogP contribution in [-0.2, 0) is 9.53 Å². The average molecular weight is 268 g/mol. The quantitative estimate of drug-likeness (QED) is 0.427. The van der Waals surface area contributed by atoms with Gasteiger partial charge in [-0.2, -0.15) is 0 Å². The molecule has 2 fully saturated rings. The molecule has 102 valence electrons. The van der Waals surface area contributed by atoms with E-state index >= 15 is 0 Å². The Morgan fingerprint density at radius 1 is 1.28 bits per heavy atom. The van der Waals surface area contributed by atoms with E-state index in [1.165, 1.54) is 24.2 Å². The first-order valence-electron chi connectivity index (χ1n) is 6.85. The van der Waals surface area contributed by atoms with Crippen LogP contribution < -0.4 is 0 Å². The fourth-order valence-corrected chi connectivity index (χ4v) is 5.55. The second-order valence-corrected chi connectivity index (χ2v) is 7.92. The first-order chi connectivity index (χ1) is 8.27. The van der Waals surface area contributed by atoms with E-state index in [0.29, 0.717) is 6.61 Å². The molecule has 18 heavy (non-hydrogen) atoms. The zero-order valence-electron chi connectivity index (χ0n) is 12.1. The van der Waals surface area contributed by atoms with Crippen LogP contribution in [0.1, 0.15) is 53.9 Å². The molecule has 0 radical (unpaired) electrons. The third kappa shape index (κ3) is 1.91. The van der Waals surface area contributed by atoms with Crippen LogP contribution in [0.5, 0.6) is 0 Å². The highest BCUT2D eigenvalue weighted by Crippen LogP contribution is 2.77. The van der Waals surface area contributed by atoms with Gasteiger partial charge in [0.25, 0.3) is 0 Å². The van der Waals surface area contributed by atoms with Gasteiger partial charge >= 0.3 is 5.97 Å². The monoisotopic (exact) mass is 268 g/mol. The van der Waals surface area contributed by atoms with Gasteiger partial charge in [0.1, 0.15) is 0 Å². The molecule has 1 aliphatic heterocycles. The summed E-state index contributed by atoms with van der Waals surface area (Å²) in [5, 5.41) is 0. The second kappa shape index (κ2) is 4.29. The Kier molecular flexibility index (Phi) is 3.33. The van der Waals surface area contributed by atoms with Crippen LogP contribution in [-0.4, -0.2) is 17.3 Å². The van der Waals surface area contributed by atoms with Crippen molar-refractivity contribution in [1.29, 1.82) is 0 Å². The molecule has 1 spiro atoms. The predicted molar refractivity (Wildman–Crippen MR) is 76.5 cm³/mol. The number of esters is 1. The lowest BCUT2D eigenvalue weighted by molar-refractivity contribution is -0.137. The van der Waals surface area contributed by atoms with Gasteiger partial charge in [0, 0.05) is 11.0 Å². The molecule has 2 nitrogen and oxygen atoms in total. The lowest BCUT2D eigenvalue weighted by Crippen LogP contribution is -2.47. The summed E-state index contributed by atoms with van der Waals surface area (Å²) in [6, 6.07) is 0. The maximum atomic E-state index is 11.6. The number of carbonyl (C=O) groups excluding carboxylic acids is 1. The van der Waals surface area contributed by atoms with E-state index in [-0.39, 0.29) is 21.5 Å². The van der Waals surface area contributed by atoms with E-state index < -0.39 is 0 Å². The van der Waals surface area contributed by atoms with Crippen LogP contribution >= 0.6 is 11.8 Å². The van der Waals surface area contributed by atoms with Crippen molar-refractivity contribution in [3.63, 3.8) is 0 Å². The molecule has 0 bridgehead atoms. The topological polar surface area (TPSA) is 26.3 Å². The summed E-state index contributed by atoms with van der Waals surface area (Å²) in [5.41, 5.74) is 0.523. The summed E-state index contributed by atoms with van der Waals surface area (Å²) >= 11 is 1.89. The van der Waals surface area contributed by atoms with Crippen molar-refractivity contribution in [2.45, 2.75) is 58.6 Å². The Labute approximate surface area is 115 Å². The van der Waals surface area contributed by atoms with E-state index in [0.717, 1.165) is 0 Å². The molecular formula is C15H24O2S. The number of hydrogen-bond acceptors (Lipinski definition) is 3. The van der Waals surface area contributed by atoms with Crippen LogP contribution in [0.25, 0.3) is 0 Å². The van der Waals surface area contributed by atoms with Crippen molar-refractivity contribution >= 4 is 17.7 Å². The molecule has 1 saturated carbocycles. The molecule has 0 aromatic heterocycles. The van der Waals surface area contributed by atoms with Crippen LogP contribution in [0, 0.1) is 10.8 Å². The Hall–Kier alpha value is -0.440. The minimum Gasteiger partial charge on any atom is -0.463 e. The van der Waals surface area contributed by atoms with Gasteiger partial charge in [-0.25, -0.2) is 4.79 Å². The molecule has 0 N–H and O–H groups in total. The summed E-state index contributed by atoms with van der Waals surface area (Å²) in [7, 11) is 0. The largest absolute Gasteiger partial charge is 0.463 e. The molecule has 0 aromatic rings. The number of hydrogen-bond donors (Lipinski definition) is 0. The van der Waals surface area contributed by atoms with E-state index in [9.17, 15) is 4.79 Å². The van der Waals surface area contributed by atoms with Gasteiger partial charge in [-0.05, 0) is 30.6 Å². The lowest BCUT2D eigenvalue weighted by atomic mass is 9.57. The minimum atomic E-state index is -0.186. The highest BCUT2D eigenvalue weighted by molar-refractivity contribution is 8.13. The summed E-state index contributed by atoms with van der Waals surface area (Å²) in [6.07, 6.45) is 5.49. The first kappa shape index (κ1) is 14.0. The number of carbonyl (C=O) groups is 1. The molecule has 0 atom stereocenters. The maximum absolute atomic E-state index is 11.6. The molecule has 1 saturated heterocycles. The van der Waals surface area contributed by atoms with Gasteiger partial charge in [0.05, 0.1) is 11.4 Å². The summed E-state index contributed by atoms with van der Waals surface area (Å²) in [4.78, 5) is 12.9. The first-order valence-corrected chi connectivity index (χ1v) is 7.66. The number of ether oxygens (including phenoxy) is 1. The van der Waals surface area contributed by atoms with Gasteiger partial charge < -0.3 is 4.74 Å². The van der Waals surface area contributed by atoms with Gasteiger partial charge in [-0.15, -0.1) is 11.8 Å². The SMILES string of the molecule is CCOC(=O)C=C1SC12C(C)(C)CCCC2(C)C. The van der Waals surface area contributed by atoms with Gasteiger partial charge in [0.15, 0.2) is 0 Å².